The highest BCUT2D eigenvalue weighted by Gasteiger charge is 2.32. The third-order valence-corrected chi connectivity index (χ3v) is 1.74. The number of nitrogens with zero attached hydrogens (tertiary/aromatic N) is 2. The van der Waals surface area contributed by atoms with E-state index >= 15 is 0 Å². The third kappa shape index (κ3) is 3.23. The molecule has 1 aromatic rings. The normalized spacial score (nSPS) is 11.7. The van der Waals surface area contributed by atoms with Crippen LogP contribution >= 0.6 is 0 Å². The molecule has 98 valence electrons. The van der Waals surface area contributed by atoms with Gasteiger partial charge in [0.15, 0.2) is 0 Å². The van der Waals surface area contributed by atoms with Crippen molar-refractivity contribution in [3.8, 4) is 11.5 Å². The summed E-state index contributed by atoms with van der Waals surface area (Å²) in [5, 5.41) is 22.9. The molecule has 10 heteroatoms. The predicted octanol–water partition coefficient (Wildman–Crippen LogP) is 1.49. The molecule has 0 aliphatic carbocycles. The second-order valence-electron chi connectivity index (χ2n) is 2.96. The lowest BCUT2D eigenvalue weighted by Gasteiger charge is -2.10. The molecule has 0 unspecified atom stereocenters. The van der Waals surface area contributed by atoms with Gasteiger partial charge in [-0.1, -0.05) is 0 Å². The van der Waals surface area contributed by atoms with E-state index in [4.69, 9.17) is 5.84 Å². The summed E-state index contributed by atoms with van der Waals surface area (Å²) < 4.78 is 39.5. The number of nitrogens with two attached hydrogens (primary N) is 1. The van der Waals surface area contributed by atoms with Crippen LogP contribution in [0, 0.1) is 10.1 Å². The lowest BCUT2D eigenvalue weighted by molar-refractivity contribution is -0.386. The minimum absolute atomic E-state index is 0.369. The van der Waals surface area contributed by atoms with E-state index in [9.17, 15) is 28.4 Å². The number of phenols is 1. The number of benzene rings is 1. The Balaban J connectivity index is 3.33. The zero-order valence-corrected chi connectivity index (χ0v) is 8.51. The summed E-state index contributed by atoms with van der Waals surface area (Å²) in [5.41, 5.74) is -1.32. The summed E-state index contributed by atoms with van der Waals surface area (Å²) in [7, 11) is 0. The molecular formula is C8H6F3N3O4. The van der Waals surface area contributed by atoms with Gasteiger partial charge in [-0.15, -0.1) is 13.2 Å². The van der Waals surface area contributed by atoms with Gasteiger partial charge < -0.3 is 15.7 Å². The number of hydrazone groups is 1. The van der Waals surface area contributed by atoms with Crippen molar-refractivity contribution in [3.05, 3.63) is 27.8 Å². The Hall–Kier alpha value is -2.52. The van der Waals surface area contributed by atoms with Crippen molar-refractivity contribution in [1.29, 1.82) is 0 Å². The Morgan fingerprint density at radius 2 is 2.11 bits per heavy atom. The Morgan fingerprint density at radius 3 is 2.56 bits per heavy atom. The number of ether oxygens (including phenoxy) is 1. The molecule has 0 aliphatic heterocycles. The maximum absolute atomic E-state index is 12.0. The predicted molar refractivity (Wildman–Crippen MR) is 53.2 cm³/mol. The second-order valence-corrected chi connectivity index (χ2v) is 2.96. The van der Waals surface area contributed by atoms with Crippen molar-refractivity contribution < 1.29 is 27.9 Å². The van der Waals surface area contributed by atoms with Gasteiger partial charge in [0.05, 0.1) is 17.2 Å². The Morgan fingerprint density at radius 1 is 1.50 bits per heavy atom. The van der Waals surface area contributed by atoms with Crippen molar-refractivity contribution in [2.75, 3.05) is 0 Å². The second kappa shape index (κ2) is 4.77. The van der Waals surface area contributed by atoms with Crippen LogP contribution in [0.5, 0.6) is 11.5 Å². The van der Waals surface area contributed by atoms with Crippen molar-refractivity contribution in [3.63, 3.8) is 0 Å². The number of rotatable bonds is 3. The van der Waals surface area contributed by atoms with Gasteiger partial charge in [-0.05, 0) is 6.07 Å². The first-order valence-electron chi connectivity index (χ1n) is 4.25. The standard InChI is InChI=1S/C8H6F3N3O4/c9-8(10,11)18-5-1-4(3-13-12)7(15)6(2-5)14(16)17/h1-3,15H,12H2. The van der Waals surface area contributed by atoms with Crippen molar-refractivity contribution in [1.82, 2.24) is 0 Å². The lowest BCUT2D eigenvalue weighted by Crippen LogP contribution is -2.17. The fourth-order valence-corrected chi connectivity index (χ4v) is 1.12. The van der Waals surface area contributed by atoms with E-state index < -0.39 is 28.5 Å². The molecule has 3 N–H and O–H groups in total. The van der Waals surface area contributed by atoms with Gasteiger partial charge in [-0.3, -0.25) is 10.1 Å². The molecule has 0 atom stereocenters. The monoisotopic (exact) mass is 265 g/mol. The average Bonchev–Trinajstić information content (AvgIpc) is 2.20. The third-order valence-electron chi connectivity index (χ3n) is 1.74. The zero-order valence-electron chi connectivity index (χ0n) is 8.51. The zero-order chi connectivity index (χ0) is 13.9. The summed E-state index contributed by atoms with van der Waals surface area (Å²) in [5.74, 6) is 3.04. The quantitative estimate of drug-likeness (QED) is 0.372. The van der Waals surface area contributed by atoms with Crippen molar-refractivity contribution in [2.45, 2.75) is 6.36 Å². The summed E-state index contributed by atoms with van der Waals surface area (Å²) in [6.07, 6.45) is -4.26. The van der Waals surface area contributed by atoms with Gasteiger partial charge >= 0.3 is 12.0 Å². The van der Waals surface area contributed by atoms with Crippen LogP contribution in [0.4, 0.5) is 18.9 Å². The number of hydrogen-bond donors (Lipinski definition) is 2. The molecular weight excluding hydrogens is 259 g/mol. The first-order valence-corrected chi connectivity index (χ1v) is 4.25. The molecule has 18 heavy (non-hydrogen) atoms. The SMILES string of the molecule is NN=Cc1cc(OC(F)(F)F)cc([N+](=O)[O-])c1O. The molecule has 0 bridgehead atoms. The van der Waals surface area contributed by atoms with Gasteiger partial charge in [-0.2, -0.15) is 5.10 Å². The molecule has 1 rings (SSSR count). The van der Waals surface area contributed by atoms with Crippen LogP contribution in [0.2, 0.25) is 0 Å². The minimum Gasteiger partial charge on any atom is -0.502 e. The van der Waals surface area contributed by atoms with Crippen LogP contribution in [0.15, 0.2) is 17.2 Å². The molecule has 0 aromatic heterocycles. The smallest absolute Gasteiger partial charge is 0.502 e. The minimum atomic E-state index is -5.01. The van der Waals surface area contributed by atoms with E-state index in [1.807, 2.05) is 0 Å². The Bertz CT molecular complexity index is 501. The first-order chi connectivity index (χ1) is 8.24. The van der Waals surface area contributed by atoms with Crippen LogP contribution in [0.1, 0.15) is 5.56 Å². The van der Waals surface area contributed by atoms with Crippen LogP contribution in [0.25, 0.3) is 0 Å². The van der Waals surface area contributed by atoms with Crippen molar-refractivity contribution in [2.24, 2.45) is 10.9 Å². The number of nitro benzene ring substituents is 1. The largest absolute Gasteiger partial charge is 0.573 e. The first kappa shape index (κ1) is 13.5. The highest BCUT2D eigenvalue weighted by Crippen LogP contribution is 2.35. The Labute approximate surface area is 97.4 Å². The summed E-state index contributed by atoms with van der Waals surface area (Å²) >= 11 is 0. The van der Waals surface area contributed by atoms with E-state index in [-0.39, 0.29) is 5.56 Å². The summed E-state index contributed by atoms with van der Waals surface area (Å²) in [6.45, 7) is 0. The van der Waals surface area contributed by atoms with E-state index in [2.05, 4.69) is 9.84 Å². The molecule has 0 spiro atoms. The molecule has 0 fully saturated rings. The maximum atomic E-state index is 12.0. The summed E-state index contributed by atoms with van der Waals surface area (Å²) in [6, 6.07) is 1.16. The van der Waals surface area contributed by atoms with Crippen molar-refractivity contribution >= 4 is 11.9 Å². The van der Waals surface area contributed by atoms with E-state index in [0.717, 1.165) is 6.21 Å². The number of nitro groups is 1. The highest BCUT2D eigenvalue weighted by atomic mass is 19.4. The Kier molecular flexibility index (Phi) is 3.59. The number of halogens is 3. The molecule has 0 saturated heterocycles. The molecule has 0 amide bonds. The number of hydrogen-bond acceptors (Lipinski definition) is 6. The number of aromatic hydroxyl groups is 1. The fourth-order valence-electron chi connectivity index (χ4n) is 1.12. The molecule has 0 aliphatic rings. The van der Waals surface area contributed by atoms with Gasteiger partial charge in [0.2, 0.25) is 5.75 Å². The van der Waals surface area contributed by atoms with E-state index in [0.29, 0.717) is 12.1 Å². The molecule has 1 aromatic carbocycles. The maximum Gasteiger partial charge on any atom is 0.573 e. The molecule has 0 heterocycles. The van der Waals surface area contributed by atoms with E-state index in [1.54, 1.807) is 0 Å². The van der Waals surface area contributed by atoms with Crippen LogP contribution < -0.4 is 10.6 Å². The number of phenolic OH excluding ortho intramolecular Hbond substituents is 1. The van der Waals surface area contributed by atoms with E-state index in [1.165, 1.54) is 0 Å². The van der Waals surface area contributed by atoms with Gasteiger partial charge in [-0.25, -0.2) is 0 Å². The van der Waals surface area contributed by atoms with Crippen LogP contribution in [-0.4, -0.2) is 22.6 Å². The lowest BCUT2D eigenvalue weighted by atomic mass is 10.1. The average molecular weight is 265 g/mol. The van der Waals surface area contributed by atoms with Gasteiger partial charge in [0.1, 0.15) is 5.75 Å². The van der Waals surface area contributed by atoms with Crippen LogP contribution in [0.3, 0.4) is 0 Å². The topological polar surface area (TPSA) is 111 Å². The molecule has 0 saturated carbocycles. The molecule has 0 radical (unpaired) electrons. The van der Waals surface area contributed by atoms with Gasteiger partial charge in [0.25, 0.3) is 0 Å². The summed E-state index contributed by atoms with van der Waals surface area (Å²) in [4.78, 5) is 9.47. The molecule has 7 nitrogen and oxygen atoms in total. The highest BCUT2D eigenvalue weighted by molar-refractivity contribution is 5.86. The van der Waals surface area contributed by atoms with Gasteiger partial charge in [0, 0.05) is 5.56 Å². The number of alkyl halides is 3. The van der Waals surface area contributed by atoms with Crippen LogP contribution in [-0.2, 0) is 0 Å². The fraction of sp³-hybridized carbons (Fsp3) is 0.125.